The molecule has 3 aliphatic carbocycles. The molecular formula is C19H25NO2. The smallest absolute Gasteiger partial charge is 0.255 e. The first kappa shape index (κ1) is 14.1. The average Bonchev–Trinajstić information content (AvgIpc) is 3.20. The third-order valence-electron chi connectivity index (χ3n) is 6.18. The van der Waals surface area contributed by atoms with Gasteiger partial charge in [0, 0.05) is 6.04 Å². The van der Waals surface area contributed by atoms with E-state index in [1.54, 1.807) is 0 Å². The van der Waals surface area contributed by atoms with E-state index in [2.05, 4.69) is 5.32 Å². The molecule has 3 aliphatic rings. The van der Waals surface area contributed by atoms with Crippen LogP contribution in [0, 0.1) is 23.7 Å². The van der Waals surface area contributed by atoms with Crippen LogP contribution in [0.15, 0.2) is 24.3 Å². The topological polar surface area (TPSA) is 38.3 Å². The highest BCUT2D eigenvalue weighted by molar-refractivity contribution is 5.97. The lowest BCUT2D eigenvalue weighted by molar-refractivity contribution is 0.0897. The maximum atomic E-state index is 12.7. The molecule has 0 aliphatic heterocycles. The Bertz CT molecular complexity index is 570. The number of para-hydroxylation sites is 1. The van der Waals surface area contributed by atoms with Gasteiger partial charge in [-0.05, 0) is 68.4 Å². The summed E-state index contributed by atoms with van der Waals surface area (Å²) in [4.78, 5) is 12.7. The Hall–Kier alpha value is -1.51. The molecule has 0 radical (unpaired) electrons. The van der Waals surface area contributed by atoms with Crippen LogP contribution < -0.4 is 10.1 Å². The van der Waals surface area contributed by atoms with Crippen LogP contribution in [0.3, 0.4) is 0 Å². The number of carbonyl (C=O) groups excluding carboxylic acids is 1. The van der Waals surface area contributed by atoms with E-state index in [1.165, 1.54) is 32.1 Å². The minimum absolute atomic E-state index is 0.0381. The first-order valence-electron chi connectivity index (χ1n) is 8.80. The second kappa shape index (κ2) is 5.60. The third-order valence-corrected chi connectivity index (χ3v) is 6.18. The molecule has 0 saturated heterocycles. The second-order valence-corrected chi connectivity index (χ2v) is 7.16. The van der Waals surface area contributed by atoms with Crippen LogP contribution >= 0.6 is 0 Å². The number of amides is 1. The van der Waals surface area contributed by atoms with Crippen LogP contribution in [-0.4, -0.2) is 18.6 Å². The molecule has 118 valence electrons. The Labute approximate surface area is 132 Å². The van der Waals surface area contributed by atoms with E-state index in [-0.39, 0.29) is 5.91 Å². The van der Waals surface area contributed by atoms with Gasteiger partial charge in [0.25, 0.3) is 5.91 Å². The molecule has 1 amide bonds. The SMILES string of the molecule is CCOc1ccccc1C(=O)NC1CC2CC1C1CCCC21. The van der Waals surface area contributed by atoms with Crippen LogP contribution in [0.2, 0.25) is 0 Å². The summed E-state index contributed by atoms with van der Waals surface area (Å²) in [5, 5.41) is 3.32. The Morgan fingerprint density at radius 1 is 1.18 bits per heavy atom. The number of carbonyl (C=O) groups is 1. The fourth-order valence-electron chi connectivity index (χ4n) is 5.42. The Morgan fingerprint density at radius 2 is 2.00 bits per heavy atom. The molecule has 2 bridgehead atoms. The van der Waals surface area contributed by atoms with E-state index < -0.39 is 0 Å². The summed E-state index contributed by atoms with van der Waals surface area (Å²) in [6.45, 7) is 2.53. The summed E-state index contributed by atoms with van der Waals surface area (Å²) < 4.78 is 5.59. The number of nitrogens with one attached hydrogen (secondary N) is 1. The van der Waals surface area contributed by atoms with Gasteiger partial charge in [-0.25, -0.2) is 0 Å². The number of benzene rings is 1. The quantitative estimate of drug-likeness (QED) is 0.922. The predicted molar refractivity (Wildman–Crippen MR) is 85.9 cm³/mol. The third kappa shape index (κ3) is 2.22. The number of fused-ring (bicyclic) bond motifs is 5. The highest BCUT2D eigenvalue weighted by Crippen LogP contribution is 2.58. The first-order valence-corrected chi connectivity index (χ1v) is 8.80. The van der Waals surface area contributed by atoms with E-state index in [0.29, 0.717) is 24.0 Å². The molecule has 3 fully saturated rings. The van der Waals surface area contributed by atoms with Crippen LogP contribution in [-0.2, 0) is 0 Å². The molecular weight excluding hydrogens is 274 g/mol. The van der Waals surface area contributed by atoms with Gasteiger partial charge in [0.1, 0.15) is 5.75 Å². The molecule has 0 spiro atoms. The van der Waals surface area contributed by atoms with E-state index in [1.807, 2.05) is 31.2 Å². The van der Waals surface area contributed by atoms with Crippen molar-refractivity contribution < 1.29 is 9.53 Å². The monoisotopic (exact) mass is 299 g/mol. The van der Waals surface area contributed by atoms with Crippen molar-refractivity contribution in [2.45, 2.75) is 45.1 Å². The van der Waals surface area contributed by atoms with E-state index in [0.717, 1.165) is 23.7 Å². The molecule has 1 N–H and O–H groups in total. The van der Waals surface area contributed by atoms with E-state index in [9.17, 15) is 4.79 Å². The Balaban J connectivity index is 1.47. The van der Waals surface area contributed by atoms with Crippen molar-refractivity contribution in [1.29, 1.82) is 0 Å². The standard InChI is InChI=1S/C19H25NO2/c1-2-22-18-9-4-3-6-15(18)19(21)20-17-11-12-10-16(17)14-8-5-7-13(12)14/h3-4,6,9,12-14,16-17H,2,5,7-8,10-11H2,1H3,(H,20,21). The van der Waals surface area contributed by atoms with Gasteiger partial charge in [-0.2, -0.15) is 0 Å². The summed E-state index contributed by atoms with van der Waals surface area (Å²) in [7, 11) is 0. The zero-order valence-electron chi connectivity index (χ0n) is 13.3. The molecule has 5 unspecified atom stereocenters. The largest absolute Gasteiger partial charge is 0.493 e. The molecule has 1 aromatic carbocycles. The highest BCUT2D eigenvalue weighted by Gasteiger charge is 2.54. The molecule has 3 nitrogen and oxygen atoms in total. The lowest BCUT2D eigenvalue weighted by Gasteiger charge is -2.32. The summed E-state index contributed by atoms with van der Waals surface area (Å²) >= 11 is 0. The molecule has 22 heavy (non-hydrogen) atoms. The van der Waals surface area contributed by atoms with Crippen LogP contribution in [0.5, 0.6) is 5.75 Å². The minimum atomic E-state index is 0.0381. The van der Waals surface area contributed by atoms with Crippen LogP contribution in [0.25, 0.3) is 0 Å². The van der Waals surface area contributed by atoms with Gasteiger partial charge >= 0.3 is 0 Å². The van der Waals surface area contributed by atoms with Gasteiger partial charge < -0.3 is 10.1 Å². The summed E-state index contributed by atoms with van der Waals surface area (Å²) in [6.07, 6.45) is 6.74. The summed E-state index contributed by atoms with van der Waals surface area (Å²) in [6, 6.07) is 7.96. The molecule has 1 aromatic rings. The summed E-state index contributed by atoms with van der Waals surface area (Å²) in [5.41, 5.74) is 0.676. The fourth-order valence-corrected chi connectivity index (χ4v) is 5.42. The van der Waals surface area contributed by atoms with E-state index in [4.69, 9.17) is 4.74 Å². The number of hydrogen-bond acceptors (Lipinski definition) is 2. The highest BCUT2D eigenvalue weighted by atomic mass is 16.5. The number of ether oxygens (including phenoxy) is 1. The predicted octanol–water partition coefficient (Wildman–Crippen LogP) is 3.64. The number of rotatable bonds is 4. The van der Waals surface area contributed by atoms with Gasteiger partial charge in [-0.15, -0.1) is 0 Å². The van der Waals surface area contributed by atoms with Gasteiger partial charge in [0.15, 0.2) is 0 Å². The Kier molecular flexibility index (Phi) is 3.59. The van der Waals surface area contributed by atoms with E-state index >= 15 is 0 Å². The van der Waals surface area contributed by atoms with Gasteiger partial charge in [-0.3, -0.25) is 4.79 Å². The zero-order valence-corrected chi connectivity index (χ0v) is 13.3. The molecule has 0 aromatic heterocycles. The van der Waals surface area contributed by atoms with Gasteiger partial charge in [-0.1, -0.05) is 18.6 Å². The maximum absolute atomic E-state index is 12.7. The zero-order chi connectivity index (χ0) is 15.1. The fraction of sp³-hybridized carbons (Fsp3) is 0.632. The van der Waals surface area contributed by atoms with Crippen LogP contribution in [0.1, 0.15) is 49.4 Å². The lowest BCUT2D eigenvalue weighted by atomic mass is 9.79. The van der Waals surface area contributed by atoms with Crippen molar-refractivity contribution in [1.82, 2.24) is 5.32 Å². The lowest BCUT2D eigenvalue weighted by Crippen LogP contribution is -2.42. The maximum Gasteiger partial charge on any atom is 0.255 e. The van der Waals surface area contributed by atoms with Gasteiger partial charge in [0.05, 0.1) is 12.2 Å². The Morgan fingerprint density at radius 3 is 2.86 bits per heavy atom. The first-order chi connectivity index (χ1) is 10.8. The van der Waals surface area contributed by atoms with Crippen molar-refractivity contribution in [2.75, 3.05) is 6.61 Å². The normalized spacial score (nSPS) is 35.4. The molecule has 5 atom stereocenters. The van der Waals surface area contributed by atoms with Crippen LogP contribution in [0.4, 0.5) is 0 Å². The van der Waals surface area contributed by atoms with Gasteiger partial charge in [0.2, 0.25) is 0 Å². The van der Waals surface area contributed by atoms with Crippen molar-refractivity contribution in [3.63, 3.8) is 0 Å². The van der Waals surface area contributed by atoms with Crippen molar-refractivity contribution in [2.24, 2.45) is 23.7 Å². The molecule has 0 heterocycles. The second-order valence-electron chi connectivity index (χ2n) is 7.16. The van der Waals surface area contributed by atoms with Crippen molar-refractivity contribution in [3.05, 3.63) is 29.8 Å². The molecule has 4 rings (SSSR count). The summed E-state index contributed by atoms with van der Waals surface area (Å²) in [5.74, 6) is 4.17. The molecule has 3 saturated carbocycles. The average molecular weight is 299 g/mol. The van der Waals surface area contributed by atoms with Crippen molar-refractivity contribution >= 4 is 5.91 Å². The molecule has 3 heteroatoms. The number of hydrogen-bond donors (Lipinski definition) is 1. The van der Waals surface area contributed by atoms with Crippen molar-refractivity contribution in [3.8, 4) is 5.75 Å². The minimum Gasteiger partial charge on any atom is -0.493 e.